The minimum Gasteiger partial charge on any atom is -0.508 e. The van der Waals surface area contributed by atoms with Crippen molar-refractivity contribution in [3.63, 3.8) is 0 Å². The number of carbonyl (C=O) groups is 1. The average molecular weight is 152 g/mol. The van der Waals surface area contributed by atoms with Gasteiger partial charge in [-0.25, -0.2) is 0 Å². The van der Waals surface area contributed by atoms with E-state index in [-0.39, 0.29) is 11.3 Å². The fraction of sp³-hybridized carbons (Fsp3) is 0. The standard InChI is InChI=1S/C7H8N2O2/c8-5-1-4(7(9)11)2-6(10)3-5/h1-3,10H,8H2,(H2,9,11). The van der Waals surface area contributed by atoms with Crippen LogP contribution in [0.5, 0.6) is 5.75 Å². The number of benzene rings is 1. The van der Waals surface area contributed by atoms with Gasteiger partial charge in [0.25, 0.3) is 0 Å². The van der Waals surface area contributed by atoms with E-state index in [1.807, 2.05) is 0 Å². The minimum absolute atomic E-state index is 0.0567. The van der Waals surface area contributed by atoms with E-state index in [4.69, 9.17) is 16.6 Å². The summed E-state index contributed by atoms with van der Waals surface area (Å²) in [6, 6.07) is 4.01. The molecule has 11 heavy (non-hydrogen) atoms. The number of phenols is 1. The normalized spacial score (nSPS) is 9.45. The third kappa shape index (κ3) is 1.61. The van der Waals surface area contributed by atoms with Crippen LogP contribution in [0.25, 0.3) is 0 Å². The van der Waals surface area contributed by atoms with Gasteiger partial charge in [-0.05, 0) is 12.1 Å². The fourth-order valence-corrected chi connectivity index (χ4v) is 0.777. The second-order valence-electron chi connectivity index (χ2n) is 2.18. The Labute approximate surface area is 63.4 Å². The van der Waals surface area contributed by atoms with Crippen molar-refractivity contribution < 1.29 is 9.90 Å². The van der Waals surface area contributed by atoms with E-state index in [9.17, 15) is 4.79 Å². The van der Waals surface area contributed by atoms with Crippen LogP contribution in [0.4, 0.5) is 5.69 Å². The zero-order chi connectivity index (χ0) is 8.43. The highest BCUT2D eigenvalue weighted by Crippen LogP contribution is 2.16. The summed E-state index contributed by atoms with van der Waals surface area (Å²) < 4.78 is 0. The lowest BCUT2D eigenvalue weighted by molar-refractivity contribution is 0.1000. The number of hydrogen-bond donors (Lipinski definition) is 3. The average Bonchev–Trinajstić information content (AvgIpc) is 1.85. The Morgan fingerprint density at radius 2 is 2.00 bits per heavy atom. The first-order valence-corrected chi connectivity index (χ1v) is 2.99. The van der Waals surface area contributed by atoms with Gasteiger partial charge in [0.1, 0.15) is 5.75 Å². The lowest BCUT2D eigenvalue weighted by atomic mass is 10.2. The zero-order valence-electron chi connectivity index (χ0n) is 5.74. The lowest BCUT2D eigenvalue weighted by Gasteiger charge is -1.98. The second-order valence-corrected chi connectivity index (χ2v) is 2.18. The van der Waals surface area contributed by atoms with Crippen LogP contribution in [-0.2, 0) is 0 Å². The van der Waals surface area contributed by atoms with Crippen molar-refractivity contribution in [2.24, 2.45) is 5.73 Å². The molecule has 5 N–H and O–H groups in total. The Bertz CT molecular complexity index is 276. The molecule has 58 valence electrons. The van der Waals surface area contributed by atoms with Crippen LogP contribution in [0.3, 0.4) is 0 Å². The molecular formula is C7H8N2O2. The van der Waals surface area contributed by atoms with Crippen LogP contribution >= 0.6 is 0 Å². The van der Waals surface area contributed by atoms with Crippen molar-refractivity contribution in [1.29, 1.82) is 0 Å². The third-order valence-electron chi connectivity index (χ3n) is 1.22. The van der Waals surface area contributed by atoms with E-state index in [1.165, 1.54) is 18.2 Å². The topological polar surface area (TPSA) is 89.3 Å². The Morgan fingerprint density at radius 3 is 2.45 bits per heavy atom. The maximum Gasteiger partial charge on any atom is 0.248 e. The van der Waals surface area contributed by atoms with Gasteiger partial charge in [0.05, 0.1) is 0 Å². The molecule has 0 heterocycles. The van der Waals surface area contributed by atoms with E-state index in [0.717, 1.165) is 0 Å². The SMILES string of the molecule is NC(=O)c1cc(N)cc(O)c1. The number of phenolic OH excluding ortho intramolecular Hbond substituents is 1. The quantitative estimate of drug-likeness (QED) is 0.497. The molecule has 0 unspecified atom stereocenters. The number of nitrogen functional groups attached to an aromatic ring is 1. The monoisotopic (exact) mass is 152 g/mol. The van der Waals surface area contributed by atoms with Crippen LogP contribution in [0, 0.1) is 0 Å². The van der Waals surface area contributed by atoms with Gasteiger partial charge in [-0.2, -0.15) is 0 Å². The molecule has 0 atom stereocenters. The molecule has 0 fully saturated rings. The first-order valence-electron chi connectivity index (χ1n) is 2.99. The van der Waals surface area contributed by atoms with Gasteiger partial charge in [0.15, 0.2) is 0 Å². The number of nitrogens with two attached hydrogens (primary N) is 2. The van der Waals surface area contributed by atoms with Gasteiger partial charge in [-0.1, -0.05) is 0 Å². The number of rotatable bonds is 1. The molecule has 4 heteroatoms. The van der Waals surface area contributed by atoms with Crippen molar-refractivity contribution in [3.05, 3.63) is 23.8 Å². The second kappa shape index (κ2) is 2.49. The summed E-state index contributed by atoms with van der Waals surface area (Å²) in [5.74, 6) is -0.661. The number of anilines is 1. The maximum atomic E-state index is 10.6. The molecule has 0 aliphatic carbocycles. The molecule has 0 bridgehead atoms. The van der Waals surface area contributed by atoms with E-state index < -0.39 is 5.91 Å². The number of primary amides is 1. The molecule has 4 nitrogen and oxygen atoms in total. The third-order valence-corrected chi connectivity index (χ3v) is 1.22. The molecular weight excluding hydrogens is 144 g/mol. The molecule has 0 aliphatic rings. The molecule has 0 aliphatic heterocycles. The summed E-state index contributed by atoms with van der Waals surface area (Å²) in [5.41, 5.74) is 10.8. The summed E-state index contributed by atoms with van der Waals surface area (Å²) in [7, 11) is 0. The summed E-state index contributed by atoms with van der Waals surface area (Å²) in [5, 5.41) is 8.96. The van der Waals surface area contributed by atoms with Crippen LogP contribution in [0.1, 0.15) is 10.4 Å². The summed E-state index contributed by atoms with van der Waals surface area (Å²) in [4.78, 5) is 10.6. The number of amides is 1. The molecule has 0 radical (unpaired) electrons. The zero-order valence-corrected chi connectivity index (χ0v) is 5.74. The van der Waals surface area contributed by atoms with Crippen molar-refractivity contribution in [2.75, 3.05) is 5.73 Å². The van der Waals surface area contributed by atoms with Crippen LogP contribution in [0.15, 0.2) is 18.2 Å². The molecule has 0 spiro atoms. The van der Waals surface area contributed by atoms with E-state index >= 15 is 0 Å². The summed E-state index contributed by atoms with van der Waals surface area (Å²) >= 11 is 0. The smallest absolute Gasteiger partial charge is 0.248 e. The summed E-state index contributed by atoms with van der Waals surface area (Å²) in [6.45, 7) is 0. The molecule has 0 saturated carbocycles. The van der Waals surface area contributed by atoms with Crippen molar-refractivity contribution >= 4 is 11.6 Å². The van der Waals surface area contributed by atoms with Gasteiger partial charge >= 0.3 is 0 Å². The molecule has 1 amide bonds. The fourth-order valence-electron chi connectivity index (χ4n) is 0.777. The molecule has 1 rings (SSSR count). The Hall–Kier alpha value is -1.71. The van der Waals surface area contributed by atoms with Gasteiger partial charge in [0.2, 0.25) is 5.91 Å². The molecule has 0 saturated heterocycles. The number of aromatic hydroxyl groups is 1. The maximum absolute atomic E-state index is 10.6. The summed E-state index contributed by atoms with van der Waals surface area (Å²) in [6.07, 6.45) is 0. The highest BCUT2D eigenvalue weighted by atomic mass is 16.3. The highest BCUT2D eigenvalue weighted by molar-refractivity contribution is 5.94. The van der Waals surface area contributed by atoms with E-state index in [2.05, 4.69) is 0 Å². The van der Waals surface area contributed by atoms with Crippen LogP contribution in [0.2, 0.25) is 0 Å². The Kier molecular flexibility index (Phi) is 1.68. The predicted octanol–water partition coefficient (Wildman–Crippen LogP) is 0.0733. The van der Waals surface area contributed by atoms with Gasteiger partial charge in [-0.15, -0.1) is 0 Å². The molecule has 0 aromatic heterocycles. The van der Waals surface area contributed by atoms with Gasteiger partial charge < -0.3 is 16.6 Å². The largest absolute Gasteiger partial charge is 0.508 e. The predicted molar refractivity (Wildman–Crippen MR) is 41.0 cm³/mol. The first-order chi connectivity index (χ1) is 5.09. The van der Waals surface area contributed by atoms with Crippen molar-refractivity contribution in [2.45, 2.75) is 0 Å². The van der Waals surface area contributed by atoms with Crippen molar-refractivity contribution in [1.82, 2.24) is 0 Å². The Balaban J connectivity index is 3.19. The van der Waals surface area contributed by atoms with E-state index in [0.29, 0.717) is 5.69 Å². The molecule has 1 aromatic rings. The first kappa shape index (κ1) is 7.40. The molecule has 1 aromatic carbocycles. The van der Waals surface area contributed by atoms with Crippen LogP contribution < -0.4 is 11.5 Å². The van der Waals surface area contributed by atoms with Gasteiger partial charge in [0, 0.05) is 17.3 Å². The van der Waals surface area contributed by atoms with E-state index in [1.54, 1.807) is 0 Å². The van der Waals surface area contributed by atoms with Gasteiger partial charge in [-0.3, -0.25) is 4.79 Å². The number of carbonyl (C=O) groups excluding carboxylic acids is 1. The number of hydrogen-bond acceptors (Lipinski definition) is 3. The van der Waals surface area contributed by atoms with Crippen LogP contribution in [-0.4, -0.2) is 11.0 Å². The lowest BCUT2D eigenvalue weighted by Crippen LogP contribution is -2.10. The highest BCUT2D eigenvalue weighted by Gasteiger charge is 2.01. The minimum atomic E-state index is -0.604. The Morgan fingerprint density at radius 1 is 1.36 bits per heavy atom. The van der Waals surface area contributed by atoms with Crippen molar-refractivity contribution in [3.8, 4) is 5.75 Å².